The second kappa shape index (κ2) is 4.61. The minimum atomic E-state index is -0.479. The van der Waals surface area contributed by atoms with Gasteiger partial charge in [-0.3, -0.25) is 0 Å². The van der Waals surface area contributed by atoms with E-state index in [2.05, 4.69) is 15.3 Å². The zero-order valence-corrected chi connectivity index (χ0v) is 9.57. The lowest BCUT2D eigenvalue weighted by Crippen LogP contribution is -2.44. The van der Waals surface area contributed by atoms with Crippen LogP contribution in [0.25, 0.3) is 0 Å². The van der Waals surface area contributed by atoms with Gasteiger partial charge in [-0.05, 0) is 0 Å². The van der Waals surface area contributed by atoms with Crippen molar-refractivity contribution in [2.75, 3.05) is 50.1 Å². The fourth-order valence-corrected chi connectivity index (χ4v) is 1.63. The SMILES string of the molecule is CN(C)c1cc(F)nc(N2CCNCC2)n1. The summed E-state index contributed by atoms with van der Waals surface area (Å²) in [6.07, 6.45) is 0. The molecule has 16 heavy (non-hydrogen) atoms. The molecule has 1 saturated heterocycles. The van der Waals surface area contributed by atoms with Gasteiger partial charge in [0.2, 0.25) is 11.9 Å². The molecule has 1 aromatic heterocycles. The van der Waals surface area contributed by atoms with Crippen LogP contribution in [0.2, 0.25) is 0 Å². The van der Waals surface area contributed by atoms with Crippen molar-refractivity contribution in [1.29, 1.82) is 0 Å². The maximum Gasteiger partial charge on any atom is 0.230 e. The molecular formula is C10H16FN5. The second-order valence-electron chi connectivity index (χ2n) is 3.98. The van der Waals surface area contributed by atoms with E-state index in [1.54, 1.807) is 4.90 Å². The molecular weight excluding hydrogens is 209 g/mol. The normalized spacial score (nSPS) is 16.3. The third-order valence-corrected chi connectivity index (χ3v) is 2.53. The van der Waals surface area contributed by atoms with E-state index in [-0.39, 0.29) is 0 Å². The molecule has 1 fully saturated rings. The Morgan fingerprint density at radius 2 is 2.00 bits per heavy atom. The van der Waals surface area contributed by atoms with E-state index in [1.807, 2.05) is 19.0 Å². The molecule has 0 aliphatic carbocycles. The maximum atomic E-state index is 13.3. The van der Waals surface area contributed by atoms with E-state index in [0.29, 0.717) is 11.8 Å². The first-order valence-electron chi connectivity index (χ1n) is 5.34. The number of aromatic nitrogens is 2. The highest BCUT2D eigenvalue weighted by Crippen LogP contribution is 2.15. The first-order valence-corrected chi connectivity index (χ1v) is 5.34. The van der Waals surface area contributed by atoms with Gasteiger partial charge in [-0.15, -0.1) is 0 Å². The molecule has 1 aliphatic heterocycles. The number of hydrogen-bond acceptors (Lipinski definition) is 5. The Labute approximate surface area is 94.3 Å². The molecule has 5 nitrogen and oxygen atoms in total. The summed E-state index contributed by atoms with van der Waals surface area (Å²) in [6.45, 7) is 3.40. The van der Waals surface area contributed by atoms with Crippen LogP contribution < -0.4 is 15.1 Å². The molecule has 0 amide bonds. The topological polar surface area (TPSA) is 44.3 Å². The van der Waals surface area contributed by atoms with Gasteiger partial charge in [-0.25, -0.2) is 0 Å². The van der Waals surface area contributed by atoms with Crippen LogP contribution in [0.15, 0.2) is 6.07 Å². The molecule has 1 N–H and O–H groups in total. The fourth-order valence-electron chi connectivity index (χ4n) is 1.63. The third-order valence-electron chi connectivity index (χ3n) is 2.53. The Balaban J connectivity index is 2.25. The number of piperazine rings is 1. The largest absolute Gasteiger partial charge is 0.362 e. The van der Waals surface area contributed by atoms with E-state index in [0.717, 1.165) is 26.2 Å². The van der Waals surface area contributed by atoms with Gasteiger partial charge in [0, 0.05) is 46.3 Å². The Kier molecular flexibility index (Phi) is 3.19. The summed E-state index contributed by atoms with van der Waals surface area (Å²) in [5, 5.41) is 3.24. The molecule has 0 bridgehead atoms. The lowest BCUT2D eigenvalue weighted by Gasteiger charge is -2.27. The van der Waals surface area contributed by atoms with Gasteiger partial charge in [0.05, 0.1) is 0 Å². The van der Waals surface area contributed by atoms with Gasteiger partial charge in [-0.1, -0.05) is 0 Å². The molecule has 1 aromatic rings. The van der Waals surface area contributed by atoms with Crippen molar-refractivity contribution in [3.8, 4) is 0 Å². The molecule has 0 saturated carbocycles. The molecule has 0 unspecified atom stereocenters. The first-order chi connectivity index (χ1) is 7.66. The molecule has 88 valence electrons. The molecule has 0 atom stereocenters. The third kappa shape index (κ3) is 2.38. The Hall–Kier alpha value is -1.43. The van der Waals surface area contributed by atoms with Gasteiger partial charge in [0.25, 0.3) is 0 Å². The fraction of sp³-hybridized carbons (Fsp3) is 0.600. The predicted octanol–water partition coefficient (Wildman–Crippen LogP) is 0.0913. The van der Waals surface area contributed by atoms with E-state index < -0.39 is 5.95 Å². The summed E-state index contributed by atoms with van der Waals surface area (Å²) < 4.78 is 13.3. The van der Waals surface area contributed by atoms with Crippen molar-refractivity contribution in [3.05, 3.63) is 12.0 Å². The van der Waals surface area contributed by atoms with Crippen molar-refractivity contribution < 1.29 is 4.39 Å². The molecule has 0 radical (unpaired) electrons. The van der Waals surface area contributed by atoms with Crippen molar-refractivity contribution in [1.82, 2.24) is 15.3 Å². The number of nitrogens with zero attached hydrogens (tertiary/aromatic N) is 4. The van der Waals surface area contributed by atoms with Crippen LogP contribution in [-0.2, 0) is 0 Å². The average molecular weight is 225 g/mol. The zero-order chi connectivity index (χ0) is 11.5. The van der Waals surface area contributed by atoms with E-state index in [9.17, 15) is 4.39 Å². The molecule has 6 heteroatoms. The van der Waals surface area contributed by atoms with E-state index >= 15 is 0 Å². The summed E-state index contributed by atoms with van der Waals surface area (Å²) in [5.74, 6) is 0.596. The van der Waals surface area contributed by atoms with E-state index in [4.69, 9.17) is 0 Å². The van der Waals surface area contributed by atoms with E-state index in [1.165, 1.54) is 6.07 Å². The maximum absolute atomic E-state index is 13.3. The van der Waals surface area contributed by atoms with Crippen molar-refractivity contribution in [2.24, 2.45) is 0 Å². The first kappa shape index (κ1) is 11.1. The van der Waals surface area contributed by atoms with Crippen LogP contribution in [0, 0.1) is 5.95 Å². The Morgan fingerprint density at radius 1 is 1.31 bits per heavy atom. The Bertz CT molecular complexity index is 362. The van der Waals surface area contributed by atoms with Crippen LogP contribution in [0.3, 0.4) is 0 Å². The molecule has 2 heterocycles. The summed E-state index contributed by atoms with van der Waals surface area (Å²) in [7, 11) is 3.67. The number of rotatable bonds is 2. The van der Waals surface area contributed by atoms with Crippen LogP contribution in [-0.4, -0.2) is 50.2 Å². The molecule has 0 spiro atoms. The monoisotopic (exact) mass is 225 g/mol. The standard InChI is InChI=1S/C10H16FN5/c1-15(2)9-7-8(11)13-10(14-9)16-5-3-12-4-6-16/h7,12H,3-6H2,1-2H3. The van der Waals surface area contributed by atoms with Gasteiger partial charge in [0.1, 0.15) is 5.82 Å². The molecule has 0 aromatic carbocycles. The number of hydrogen-bond donors (Lipinski definition) is 1. The van der Waals surface area contributed by atoms with Gasteiger partial charge in [0.15, 0.2) is 0 Å². The van der Waals surface area contributed by atoms with Crippen LogP contribution in [0.1, 0.15) is 0 Å². The highest BCUT2D eigenvalue weighted by Gasteiger charge is 2.15. The minimum Gasteiger partial charge on any atom is -0.362 e. The summed E-state index contributed by atoms with van der Waals surface area (Å²) >= 11 is 0. The quantitative estimate of drug-likeness (QED) is 0.723. The van der Waals surface area contributed by atoms with Gasteiger partial charge in [-0.2, -0.15) is 14.4 Å². The van der Waals surface area contributed by atoms with Crippen LogP contribution in [0.4, 0.5) is 16.2 Å². The van der Waals surface area contributed by atoms with Crippen molar-refractivity contribution in [3.63, 3.8) is 0 Å². The van der Waals surface area contributed by atoms with Crippen molar-refractivity contribution >= 4 is 11.8 Å². The van der Waals surface area contributed by atoms with Crippen molar-refractivity contribution in [2.45, 2.75) is 0 Å². The minimum absolute atomic E-state index is 0.477. The van der Waals surface area contributed by atoms with Gasteiger partial charge >= 0.3 is 0 Å². The van der Waals surface area contributed by atoms with Gasteiger partial charge < -0.3 is 15.1 Å². The lowest BCUT2D eigenvalue weighted by molar-refractivity contribution is 0.552. The summed E-state index contributed by atoms with van der Waals surface area (Å²) in [6, 6.07) is 1.34. The zero-order valence-electron chi connectivity index (χ0n) is 9.57. The smallest absolute Gasteiger partial charge is 0.230 e. The highest BCUT2D eigenvalue weighted by molar-refractivity contribution is 5.43. The number of nitrogens with one attached hydrogen (secondary N) is 1. The molecule has 1 aliphatic rings. The average Bonchev–Trinajstić information content (AvgIpc) is 2.29. The highest BCUT2D eigenvalue weighted by atomic mass is 19.1. The summed E-state index contributed by atoms with van der Waals surface area (Å²) in [4.78, 5) is 11.9. The Morgan fingerprint density at radius 3 is 2.62 bits per heavy atom. The number of anilines is 2. The predicted molar refractivity (Wildman–Crippen MR) is 61.4 cm³/mol. The molecule has 2 rings (SSSR count). The second-order valence-corrected chi connectivity index (χ2v) is 3.98. The summed E-state index contributed by atoms with van der Waals surface area (Å²) in [5.41, 5.74) is 0. The number of halogens is 1. The van der Waals surface area contributed by atoms with Crippen LogP contribution in [0.5, 0.6) is 0 Å². The lowest BCUT2D eigenvalue weighted by atomic mass is 10.4. The van der Waals surface area contributed by atoms with Crippen LogP contribution >= 0.6 is 0 Å².